The Kier molecular flexibility index (Phi) is 4.04. The lowest BCUT2D eigenvalue weighted by Gasteiger charge is -2.43. The lowest BCUT2D eigenvalue weighted by molar-refractivity contribution is -0.206. The number of phenolic OH excluding ortho intramolecular Hbond substituents is 1. The highest BCUT2D eigenvalue weighted by Crippen LogP contribution is 2.62. The van der Waals surface area contributed by atoms with E-state index in [0.29, 0.717) is 22.8 Å². The third-order valence-corrected chi connectivity index (χ3v) is 6.47. The molecular formula is C24H20O7. The molecule has 2 aliphatic rings. The fourth-order valence-corrected chi connectivity index (χ4v) is 5.09. The molecule has 7 heteroatoms. The molecular weight excluding hydrogens is 400 g/mol. The summed E-state index contributed by atoms with van der Waals surface area (Å²) in [5.74, 6) is -3.91. The number of hydrogen-bond donors (Lipinski definition) is 2. The first-order valence-electron chi connectivity index (χ1n) is 9.85. The van der Waals surface area contributed by atoms with E-state index < -0.39 is 23.1 Å². The highest BCUT2D eigenvalue weighted by molar-refractivity contribution is 6.09. The maximum absolute atomic E-state index is 13.4. The minimum atomic E-state index is -2.13. The van der Waals surface area contributed by atoms with E-state index in [0.717, 1.165) is 5.56 Å². The molecule has 1 heterocycles. The number of esters is 2. The number of aliphatic hydroxyl groups is 1. The first-order chi connectivity index (χ1) is 14.9. The second-order valence-electron chi connectivity index (χ2n) is 7.77. The van der Waals surface area contributed by atoms with Crippen LogP contribution < -0.4 is 4.74 Å². The Morgan fingerprint density at radius 3 is 2.39 bits per heavy atom. The molecule has 0 radical (unpaired) electrons. The number of aryl methyl sites for hydroxylation is 1. The Morgan fingerprint density at radius 2 is 1.68 bits per heavy atom. The molecule has 31 heavy (non-hydrogen) atoms. The molecule has 2 N–H and O–H groups in total. The van der Waals surface area contributed by atoms with Crippen LogP contribution in [0.5, 0.6) is 11.5 Å². The summed E-state index contributed by atoms with van der Waals surface area (Å²) in [6.45, 7) is 0. The molecule has 0 saturated heterocycles. The number of phenols is 1. The zero-order valence-electron chi connectivity index (χ0n) is 17.0. The Balaban J connectivity index is 1.98. The largest absolute Gasteiger partial charge is 0.506 e. The smallest absolute Gasteiger partial charge is 0.342 e. The van der Waals surface area contributed by atoms with Crippen molar-refractivity contribution in [1.29, 1.82) is 0 Å². The molecule has 1 aliphatic heterocycles. The van der Waals surface area contributed by atoms with Gasteiger partial charge in [0.1, 0.15) is 17.1 Å². The summed E-state index contributed by atoms with van der Waals surface area (Å²) in [4.78, 5) is 26.2. The van der Waals surface area contributed by atoms with Crippen molar-refractivity contribution in [3.8, 4) is 11.5 Å². The van der Waals surface area contributed by atoms with Gasteiger partial charge in [0, 0.05) is 21.9 Å². The topological polar surface area (TPSA) is 102 Å². The number of methoxy groups -OCH3 is 2. The predicted octanol–water partition coefficient (Wildman–Crippen LogP) is 2.93. The monoisotopic (exact) mass is 420 g/mol. The van der Waals surface area contributed by atoms with Gasteiger partial charge in [0.05, 0.1) is 14.2 Å². The molecule has 0 saturated carbocycles. The Bertz CT molecular complexity index is 1260. The van der Waals surface area contributed by atoms with E-state index in [1.54, 1.807) is 36.4 Å². The van der Waals surface area contributed by atoms with Crippen molar-refractivity contribution >= 4 is 22.7 Å². The number of ether oxygens (including phenoxy) is 3. The molecule has 3 aromatic carbocycles. The van der Waals surface area contributed by atoms with Crippen LogP contribution in [-0.2, 0) is 31.9 Å². The third-order valence-electron chi connectivity index (χ3n) is 6.47. The van der Waals surface area contributed by atoms with Crippen LogP contribution in [0.25, 0.3) is 10.8 Å². The van der Waals surface area contributed by atoms with Crippen LogP contribution in [0.1, 0.15) is 33.5 Å². The predicted molar refractivity (Wildman–Crippen MR) is 110 cm³/mol. The Hall–Kier alpha value is -3.58. The van der Waals surface area contributed by atoms with Crippen molar-refractivity contribution in [2.75, 3.05) is 14.2 Å². The van der Waals surface area contributed by atoms with Gasteiger partial charge in [0.25, 0.3) is 5.79 Å². The summed E-state index contributed by atoms with van der Waals surface area (Å²) >= 11 is 0. The first kappa shape index (κ1) is 19.4. The quantitative estimate of drug-likeness (QED) is 0.615. The second kappa shape index (κ2) is 6.46. The molecule has 0 fully saturated rings. The summed E-state index contributed by atoms with van der Waals surface area (Å²) in [6.07, 6.45) is 0.548. The van der Waals surface area contributed by atoms with Gasteiger partial charge in [-0.3, -0.25) is 4.79 Å². The van der Waals surface area contributed by atoms with E-state index in [9.17, 15) is 19.8 Å². The molecule has 2 atom stereocenters. The van der Waals surface area contributed by atoms with Crippen molar-refractivity contribution in [3.05, 3.63) is 70.8 Å². The number of aromatic hydroxyl groups is 1. The minimum absolute atomic E-state index is 0.0828. The van der Waals surface area contributed by atoms with Gasteiger partial charge in [-0.1, -0.05) is 48.5 Å². The molecule has 0 unspecified atom stereocenters. The van der Waals surface area contributed by atoms with Gasteiger partial charge in [-0.05, 0) is 18.4 Å². The lowest BCUT2D eigenvalue weighted by atomic mass is 9.63. The van der Waals surface area contributed by atoms with Crippen LogP contribution in [0, 0.1) is 0 Å². The minimum Gasteiger partial charge on any atom is -0.506 e. The van der Waals surface area contributed by atoms with Crippen LogP contribution in [0.3, 0.4) is 0 Å². The van der Waals surface area contributed by atoms with E-state index in [1.165, 1.54) is 14.2 Å². The SMILES string of the molecule is COC(=O)c1c2c(c3ccccc3c1O)O[C@@]1(O)c3ccccc3CC[C@]21C(=O)OC. The average molecular weight is 420 g/mol. The average Bonchev–Trinajstić information content (AvgIpc) is 3.09. The summed E-state index contributed by atoms with van der Waals surface area (Å²) in [7, 11) is 2.40. The van der Waals surface area contributed by atoms with Gasteiger partial charge in [-0.25, -0.2) is 4.79 Å². The normalized spacial score (nSPS) is 23.3. The zero-order valence-corrected chi connectivity index (χ0v) is 17.0. The van der Waals surface area contributed by atoms with E-state index in [-0.39, 0.29) is 29.0 Å². The number of rotatable bonds is 2. The molecule has 0 amide bonds. The number of carbonyl (C=O) groups is 2. The fourth-order valence-electron chi connectivity index (χ4n) is 5.09. The molecule has 3 aromatic rings. The number of hydrogen-bond acceptors (Lipinski definition) is 7. The first-order valence-corrected chi connectivity index (χ1v) is 9.85. The van der Waals surface area contributed by atoms with Gasteiger partial charge in [-0.2, -0.15) is 0 Å². The Morgan fingerprint density at radius 1 is 1.00 bits per heavy atom. The van der Waals surface area contributed by atoms with Crippen LogP contribution in [0.15, 0.2) is 48.5 Å². The summed E-state index contributed by atoms with van der Waals surface area (Å²) in [5, 5.41) is 23.9. The van der Waals surface area contributed by atoms with Gasteiger partial charge < -0.3 is 24.4 Å². The van der Waals surface area contributed by atoms with E-state index >= 15 is 0 Å². The molecule has 5 rings (SSSR count). The molecule has 0 bridgehead atoms. The van der Waals surface area contributed by atoms with Crippen molar-refractivity contribution in [3.63, 3.8) is 0 Å². The van der Waals surface area contributed by atoms with Crippen LogP contribution >= 0.6 is 0 Å². The second-order valence-corrected chi connectivity index (χ2v) is 7.77. The van der Waals surface area contributed by atoms with Crippen LogP contribution in [0.2, 0.25) is 0 Å². The van der Waals surface area contributed by atoms with Gasteiger partial charge in [0.2, 0.25) is 0 Å². The summed E-state index contributed by atoms with van der Waals surface area (Å²) < 4.78 is 16.3. The van der Waals surface area contributed by atoms with Crippen molar-refractivity contribution in [2.45, 2.75) is 24.0 Å². The maximum atomic E-state index is 13.4. The number of benzene rings is 3. The molecule has 1 aliphatic carbocycles. The molecule has 158 valence electrons. The zero-order chi connectivity index (χ0) is 22.0. The van der Waals surface area contributed by atoms with E-state index in [1.807, 2.05) is 12.1 Å². The van der Waals surface area contributed by atoms with Crippen LogP contribution in [-0.4, -0.2) is 36.4 Å². The van der Waals surface area contributed by atoms with E-state index in [4.69, 9.17) is 14.2 Å². The third kappa shape index (κ3) is 2.21. The van der Waals surface area contributed by atoms with E-state index in [2.05, 4.69) is 0 Å². The molecule has 0 aromatic heterocycles. The summed E-state index contributed by atoms with van der Waals surface area (Å²) in [6, 6.07) is 13.9. The standard InChI is InChI=1S/C24H20O7/c1-29-21(26)17-18-20(15-9-5-4-8-14(15)19(17)25)31-24(28)16-10-6-3-7-13(16)11-12-23(18,24)22(27)30-2/h3-10,25,28H,11-12H2,1-2H3/t23-,24+/m1/s1. The van der Waals surface area contributed by atoms with Crippen molar-refractivity contribution in [2.24, 2.45) is 0 Å². The van der Waals surface area contributed by atoms with Gasteiger partial charge in [0.15, 0.2) is 5.41 Å². The van der Waals surface area contributed by atoms with Crippen molar-refractivity contribution < 1.29 is 34.0 Å². The van der Waals surface area contributed by atoms with Gasteiger partial charge in [-0.15, -0.1) is 0 Å². The highest BCUT2D eigenvalue weighted by Gasteiger charge is 2.70. The Labute approximate surface area is 177 Å². The molecule has 0 spiro atoms. The van der Waals surface area contributed by atoms with Gasteiger partial charge >= 0.3 is 11.9 Å². The highest BCUT2D eigenvalue weighted by atomic mass is 16.6. The number of fused-ring (bicyclic) bond motifs is 7. The molecule has 7 nitrogen and oxygen atoms in total. The lowest BCUT2D eigenvalue weighted by Crippen LogP contribution is -2.57. The summed E-state index contributed by atoms with van der Waals surface area (Å²) in [5.41, 5.74) is -0.653. The van der Waals surface area contributed by atoms with Crippen LogP contribution in [0.4, 0.5) is 0 Å². The fraction of sp³-hybridized carbons (Fsp3) is 0.250. The van der Waals surface area contributed by atoms with Crippen molar-refractivity contribution in [1.82, 2.24) is 0 Å². The maximum Gasteiger partial charge on any atom is 0.342 e. The number of carbonyl (C=O) groups excluding carboxylic acids is 2.